The van der Waals surface area contributed by atoms with Gasteiger partial charge in [0.25, 0.3) is 0 Å². The SMILES string of the molecule is COc1cccc(CN2CCc3nnc(CCNC(=O)C4CCCO4)n3CC2)c1. The van der Waals surface area contributed by atoms with E-state index in [-0.39, 0.29) is 12.0 Å². The van der Waals surface area contributed by atoms with Crippen molar-refractivity contribution in [3.05, 3.63) is 41.5 Å². The van der Waals surface area contributed by atoms with Gasteiger partial charge in [-0.2, -0.15) is 0 Å². The average Bonchev–Trinajstić information content (AvgIpc) is 3.36. The van der Waals surface area contributed by atoms with Crippen LogP contribution in [0.4, 0.5) is 0 Å². The lowest BCUT2D eigenvalue weighted by atomic mass is 10.2. The zero-order valence-corrected chi connectivity index (χ0v) is 17.0. The van der Waals surface area contributed by atoms with Gasteiger partial charge in [0.1, 0.15) is 23.5 Å². The molecular weight excluding hydrogens is 370 g/mol. The average molecular weight is 399 g/mol. The van der Waals surface area contributed by atoms with Crippen molar-refractivity contribution in [2.24, 2.45) is 0 Å². The van der Waals surface area contributed by atoms with Crippen LogP contribution in [0, 0.1) is 0 Å². The monoisotopic (exact) mass is 399 g/mol. The molecule has 0 spiro atoms. The van der Waals surface area contributed by atoms with Crippen molar-refractivity contribution in [1.29, 1.82) is 0 Å². The van der Waals surface area contributed by atoms with Crippen molar-refractivity contribution >= 4 is 5.91 Å². The Morgan fingerprint density at radius 2 is 2.24 bits per heavy atom. The lowest BCUT2D eigenvalue weighted by molar-refractivity contribution is -0.130. The number of carbonyl (C=O) groups is 1. The summed E-state index contributed by atoms with van der Waals surface area (Å²) in [6.07, 6.45) is 3.05. The summed E-state index contributed by atoms with van der Waals surface area (Å²) in [6, 6.07) is 8.23. The van der Waals surface area contributed by atoms with E-state index >= 15 is 0 Å². The smallest absolute Gasteiger partial charge is 0.249 e. The van der Waals surface area contributed by atoms with Gasteiger partial charge >= 0.3 is 0 Å². The molecule has 0 radical (unpaired) electrons. The summed E-state index contributed by atoms with van der Waals surface area (Å²) in [7, 11) is 1.70. The first kappa shape index (κ1) is 19.8. The molecule has 156 valence electrons. The summed E-state index contributed by atoms with van der Waals surface area (Å²) in [5.41, 5.74) is 1.25. The molecule has 1 amide bonds. The number of carbonyl (C=O) groups excluding carboxylic acids is 1. The fourth-order valence-electron chi connectivity index (χ4n) is 3.99. The molecule has 2 aliphatic rings. The Morgan fingerprint density at radius 3 is 3.07 bits per heavy atom. The number of amides is 1. The molecule has 1 saturated heterocycles. The quantitative estimate of drug-likeness (QED) is 0.753. The summed E-state index contributed by atoms with van der Waals surface area (Å²) in [4.78, 5) is 14.5. The van der Waals surface area contributed by atoms with Gasteiger partial charge < -0.3 is 19.4 Å². The lowest BCUT2D eigenvalue weighted by Gasteiger charge is -2.20. The number of fused-ring (bicyclic) bond motifs is 1. The van der Waals surface area contributed by atoms with Crippen LogP contribution < -0.4 is 10.1 Å². The van der Waals surface area contributed by atoms with E-state index < -0.39 is 0 Å². The maximum absolute atomic E-state index is 12.1. The summed E-state index contributed by atoms with van der Waals surface area (Å²) in [5, 5.41) is 11.7. The van der Waals surface area contributed by atoms with E-state index in [2.05, 4.69) is 37.1 Å². The predicted octanol–water partition coefficient (Wildman–Crippen LogP) is 1.18. The third-order valence-corrected chi connectivity index (χ3v) is 5.61. The van der Waals surface area contributed by atoms with Gasteiger partial charge in [0.2, 0.25) is 5.91 Å². The fraction of sp³-hybridized carbons (Fsp3) is 0.571. The highest BCUT2D eigenvalue weighted by atomic mass is 16.5. The van der Waals surface area contributed by atoms with Crippen LogP contribution in [0.2, 0.25) is 0 Å². The summed E-state index contributed by atoms with van der Waals surface area (Å²) >= 11 is 0. The molecule has 0 aliphatic carbocycles. The molecule has 2 aromatic rings. The summed E-state index contributed by atoms with van der Waals surface area (Å²) < 4.78 is 13.0. The van der Waals surface area contributed by atoms with Crippen LogP contribution in [0.5, 0.6) is 5.75 Å². The molecule has 1 N–H and O–H groups in total. The van der Waals surface area contributed by atoms with Crippen molar-refractivity contribution in [2.45, 2.75) is 44.9 Å². The van der Waals surface area contributed by atoms with Crippen LogP contribution in [0.1, 0.15) is 30.1 Å². The standard InChI is InChI=1S/C21H29N5O3/c1-28-17-5-2-4-16(14-17)15-25-10-8-20-24-23-19(26(20)12-11-25)7-9-22-21(27)18-6-3-13-29-18/h2,4-5,14,18H,3,6-13,15H2,1H3,(H,22,27). The third-order valence-electron chi connectivity index (χ3n) is 5.61. The van der Waals surface area contributed by atoms with Gasteiger partial charge in [-0.05, 0) is 30.5 Å². The van der Waals surface area contributed by atoms with Gasteiger partial charge in [0.05, 0.1) is 7.11 Å². The summed E-state index contributed by atoms with van der Waals surface area (Å²) in [5.74, 6) is 2.85. The number of hydrogen-bond acceptors (Lipinski definition) is 6. The number of nitrogens with one attached hydrogen (secondary N) is 1. The molecule has 1 aromatic heterocycles. The first-order chi connectivity index (χ1) is 14.2. The van der Waals surface area contributed by atoms with Crippen molar-refractivity contribution in [3.63, 3.8) is 0 Å². The number of aromatic nitrogens is 3. The molecule has 4 rings (SSSR count). The topological polar surface area (TPSA) is 81.5 Å². The maximum atomic E-state index is 12.1. The van der Waals surface area contributed by atoms with Crippen LogP contribution >= 0.6 is 0 Å². The van der Waals surface area contributed by atoms with E-state index in [9.17, 15) is 4.79 Å². The molecule has 8 nitrogen and oxygen atoms in total. The molecule has 1 atom stereocenters. The van der Waals surface area contributed by atoms with Crippen LogP contribution in [-0.4, -0.2) is 65.0 Å². The van der Waals surface area contributed by atoms with Gasteiger partial charge in [-0.25, -0.2) is 0 Å². The highest BCUT2D eigenvalue weighted by Gasteiger charge is 2.23. The van der Waals surface area contributed by atoms with E-state index in [4.69, 9.17) is 9.47 Å². The second kappa shape index (κ2) is 9.37. The van der Waals surface area contributed by atoms with Crippen molar-refractivity contribution < 1.29 is 14.3 Å². The Bertz CT molecular complexity index is 831. The van der Waals surface area contributed by atoms with E-state index in [1.807, 2.05) is 12.1 Å². The van der Waals surface area contributed by atoms with E-state index in [1.165, 1.54) is 5.56 Å². The maximum Gasteiger partial charge on any atom is 0.249 e. The molecule has 2 aliphatic heterocycles. The van der Waals surface area contributed by atoms with E-state index in [1.54, 1.807) is 7.11 Å². The highest BCUT2D eigenvalue weighted by molar-refractivity contribution is 5.80. The normalized spacial score (nSPS) is 19.6. The second-order valence-corrected chi connectivity index (χ2v) is 7.60. The molecule has 8 heteroatoms. The molecule has 0 saturated carbocycles. The Kier molecular flexibility index (Phi) is 6.41. The van der Waals surface area contributed by atoms with Gasteiger partial charge in [-0.15, -0.1) is 10.2 Å². The minimum absolute atomic E-state index is 0.0115. The van der Waals surface area contributed by atoms with Crippen molar-refractivity contribution in [1.82, 2.24) is 25.0 Å². The van der Waals surface area contributed by atoms with Gasteiger partial charge in [-0.3, -0.25) is 9.69 Å². The van der Waals surface area contributed by atoms with Gasteiger partial charge in [0, 0.05) is 52.2 Å². The van der Waals surface area contributed by atoms with Gasteiger partial charge in [0.15, 0.2) is 0 Å². The molecule has 3 heterocycles. The Labute approximate surface area is 171 Å². The second-order valence-electron chi connectivity index (χ2n) is 7.60. The number of ether oxygens (including phenoxy) is 2. The zero-order valence-electron chi connectivity index (χ0n) is 17.0. The Morgan fingerprint density at radius 1 is 1.31 bits per heavy atom. The first-order valence-corrected chi connectivity index (χ1v) is 10.4. The number of nitrogens with zero attached hydrogens (tertiary/aromatic N) is 4. The zero-order chi connectivity index (χ0) is 20.1. The molecular formula is C21H29N5O3. The molecule has 29 heavy (non-hydrogen) atoms. The molecule has 1 fully saturated rings. The van der Waals surface area contributed by atoms with Crippen LogP contribution in [0.3, 0.4) is 0 Å². The van der Waals surface area contributed by atoms with Crippen LogP contribution in [0.25, 0.3) is 0 Å². The predicted molar refractivity (Wildman–Crippen MR) is 108 cm³/mol. The van der Waals surface area contributed by atoms with Crippen molar-refractivity contribution in [2.75, 3.05) is 33.4 Å². The number of hydrogen-bond donors (Lipinski definition) is 1. The number of methoxy groups -OCH3 is 1. The van der Waals surface area contributed by atoms with Gasteiger partial charge in [-0.1, -0.05) is 12.1 Å². The number of benzene rings is 1. The van der Waals surface area contributed by atoms with E-state index in [0.29, 0.717) is 19.6 Å². The summed E-state index contributed by atoms with van der Waals surface area (Å²) in [6.45, 7) is 4.89. The van der Waals surface area contributed by atoms with Crippen molar-refractivity contribution in [3.8, 4) is 5.75 Å². The fourth-order valence-corrected chi connectivity index (χ4v) is 3.99. The minimum atomic E-state index is -0.282. The Balaban J connectivity index is 1.30. The third kappa shape index (κ3) is 4.94. The van der Waals surface area contributed by atoms with Crippen LogP contribution in [0.15, 0.2) is 24.3 Å². The molecule has 1 unspecified atom stereocenters. The van der Waals surface area contributed by atoms with Crippen LogP contribution in [-0.2, 0) is 35.5 Å². The largest absolute Gasteiger partial charge is 0.497 e. The highest BCUT2D eigenvalue weighted by Crippen LogP contribution is 2.17. The Hall–Kier alpha value is -2.45. The minimum Gasteiger partial charge on any atom is -0.497 e. The molecule has 0 bridgehead atoms. The lowest BCUT2D eigenvalue weighted by Crippen LogP contribution is -2.35. The van der Waals surface area contributed by atoms with E-state index in [0.717, 1.165) is 62.8 Å². The molecule has 1 aromatic carbocycles. The number of rotatable bonds is 7. The first-order valence-electron chi connectivity index (χ1n) is 10.4.